The van der Waals surface area contributed by atoms with E-state index in [0.29, 0.717) is 5.75 Å². The quantitative estimate of drug-likeness (QED) is 0.585. The van der Waals surface area contributed by atoms with Crippen LogP contribution in [0.3, 0.4) is 0 Å². The SMILES string of the molecule is CC(C)(C)c1cc(CC=Cc2ccccc2)c(O)c(C(C)(C)C)c1C(C)(C)C. The first kappa shape index (κ1) is 22.3. The number of rotatable bonds is 3. The molecule has 0 aromatic heterocycles. The predicted molar refractivity (Wildman–Crippen MR) is 123 cm³/mol. The minimum absolute atomic E-state index is 0.00814. The van der Waals surface area contributed by atoms with Crippen molar-refractivity contribution >= 4 is 6.08 Å². The van der Waals surface area contributed by atoms with Gasteiger partial charge in [0.25, 0.3) is 0 Å². The van der Waals surface area contributed by atoms with Gasteiger partial charge >= 0.3 is 0 Å². The molecule has 1 heteroatoms. The fourth-order valence-electron chi connectivity index (χ4n) is 3.87. The van der Waals surface area contributed by atoms with Gasteiger partial charge in [-0.3, -0.25) is 0 Å². The zero-order valence-corrected chi connectivity index (χ0v) is 19.3. The van der Waals surface area contributed by atoms with E-state index in [0.717, 1.165) is 17.5 Å². The lowest BCUT2D eigenvalue weighted by atomic mass is 9.67. The van der Waals surface area contributed by atoms with E-state index in [1.165, 1.54) is 16.7 Å². The maximum Gasteiger partial charge on any atom is 0.123 e. The second-order valence-electron chi connectivity index (χ2n) is 10.9. The van der Waals surface area contributed by atoms with Gasteiger partial charge in [0.15, 0.2) is 0 Å². The smallest absolute Gasteiger partial charge is 0.123 e. The average Bonchev–Trinajstić information content (AvgIpc) is 2.53. The molecular weight excluding hydrogens is 340 g/mol. The van der Waals surface area contributed by atoms with Gasteiger partial charge in [0.05, 0.1) is 0 Å². The third-order valence-electron chi connectivity index (χ3n) is 5.13. The van der Waals surface area contributed by atoms with Crippen molar-refractivity contribution in [3.05, 3.63) is 70.3 Å². The Kier molecular flexibility index (Phi) is 6.19. The summed E-state index contributed by atoms with van der Waals surface area (Å²) < 4.78 is 0. The monoisotopic (exact) mass is 378 g/mol. The maximum atomic E-state index is 11.3. The molecule has 0 unspecified atom stereocenters. The van der Waals surface area contributed by atoms with Crippen LogP contribution in [-0.2, 0) is 22.7 Å². The van der Waals surface area contributed by atoms with E-state index in [9.17, 15) is 5.11 Å². The molecule has 0 aliphatic heterocycles. The molecule has 0 radical (unpaired) electrons. The number of phenolic OH excluding ortho intramolecular Hbond substituents is 1. The highest BCUT2D eigenvalue weighted by molar-refractivity contribution is 5.58. The summed E-state index contributed by atoms with van der Waals surface area (Å²) in [5.41, 5.74) is 5.75. The summed E-state index contributed by atoms with van der Waals surface area (Å²) in [7, 11) is 0. The summed E-state index contributed by atoms with van der Waals surface area (Å²) in [6.07, 6.45) is 5.00. The standard InChI is InChI=1S/C27H38O/c1-25(2,3)21-18-20(17-13-16-19-14-11-10-12-15-19)24(28)23(27(7,8)9)22(21)26(4,5)6/h10-16,18,28H,17H2,1-9H3. The second-order valence-corrected chi connectivity index (χ2v) is 10.9. The topological polar surface area (TPSA) is 20.2 Å². The Labute approximate surface area is 172 Å². The van der Waals surface area contributed by atoms with E-state index < -0.39 is 0 Å². The first-order valence-electron chi connectivity index (χ1n) is 10.3. The molecule has 0 atom stereocenters. The van der Waals surface area contributed by atoms with Gasteiger partial charge in [0.1, 0.15) is 5.75 Å². The molecule has 0 heterocycles. The lowest BCUT2D eigenvalue weighted by Crippen LogP contribution is -2.28. The molecule has 2 aromatic carbocycles. The van der Waals surface area contributed by atoms with Crippen LogP contribution in [0.5, 0.6) is 5.75 Å². The molecule has 1 nitrogen and oxygen atoms in total. The molecule has 0 bridgehead atoms. The molecule has 152 valence electrons. The van der Waals surface area contributed by atoms with Gasteiger partial charge in [0, 0.05) is 5.56 Å². The van der Waals surface area contributed by atoms with Crippen LogP contribution >= 0.6 is 0 Å². The summed E-state index contributed by atoms with van der Waals surface area (Å²) in [4.78, 5) is 0. The lowest BCUT2D eigenvalue weighted by molar-refractivity contribution is 0.424. The zero-order valence-electron chi connectivity index (χ0n) is 19.3. The van der Waals surface area contributed by atoms with Crippen molar-refractivity contribution in [1.29, 1.82) is 0 Å². The molecule has 0 fully saturated rings. The van der Waals surface area contributed by atoms with Crippen LogP contribution in [0, 0.1) is 0 Å². The highest BCUT2D eigenvalue weighted by atomic mass is 16.3. The van der Waals surface area contributed by atoms with Crippen LogP contribution in [-0.4, -0.2) is 5.11 Å². The van der Waals surface area contributed by atoms with Gasteiger partial charge in [-0.15, -0.1) is 0 Å². The van der Waals surface area contributed by atoms with Crippen molar-refractivity contribution in [2.45, 2.75) is 85.0 Å². The molecule has 0 aliphatic carbocycles. The van der Waals surface area contributed by atoms with Gasteiger partial charge in [0.2, 0.25) is 0 Å². The normalized spacial score (nSPS) is 13.3. The molecule has 28 heavy (non-hydrogen) atoms. The third kappa shape index (κ3) is 5.07. The van der Waals surface area contributed by atoms with Crippen molar-refractivity contribution in [3.8, 4) is 5.75 Å². The van der Waals surface area contributed by atoms with Gasteiger partial charge < -0.3 is 5.11 Å². The highest BCUT2D eigenvalue weighted by Crippen LogP contribution is 2.46. The van der Waals surface area contributed by atoms with Crippen LogP contribution in [0.2, 0.25) is 0 Å². The summed E-state index contributed by atoms with van der Waals surface area (Å²) in [6.45, 7) is 20.2. The Morgan fingerprint density at radius 1 is 0.750 bits per heavy atom. The average molecular weight is 379 g/mol. The molecule has 2 aromatic rings. The fourth-order valence-corrected chi connectivity index (χ4v) is 3.87. The molecule has 0 amide bonds. The Morgan fingerprint density at radius 3 is 1.75 bits per heavy atom. The molecular formula is C27H38O. The van der Waals surface area contributed by atoms with E-state index in [4.69, 9.17) is 0 Å². The Balaban J connectivity index is 2.66. The van der Waals surface area contributed by atoms with E-state index in [2.05, 4.69) is 92.7 Å². The van der Waals surface area contributed by atoms with Crippen LogP contribution in [0.4, 0.5) is 0 Å². The van der Waals surface area contributed by atoms with E-state index >= 15 is 0 Å². The summed E-state index contributed by atoms with van der Waals surface area (Å²) in [6, 6.07) is 12.6. The lowest BCUT2D eigenvalue weighted by Gasteiger charge is -2.37. The predicted octanol–water partition coefficient (Wildman–Crippen LogP) is 7.54. The van der Waals surface area contributed by atoms with Crippen molar-refractivity contribution in [3.63, 3.8) is 0 Å². The third-order valence-corrected chi connectivity index (χ3v) is 5.13. The molecule has 2 rings (SSSR count). The largest absolute Gasteiger partial charge is 0.507 e. The number of phenols is 1. The first-order valence-corrected chi connectivity index (χ1v) is 10.3. The van der Waals surface area contributed by atoms with Gasteiger partial charge in [-0.25, -0.2) is 0 Å². The van der Waals surface area contributed by atoms with Crippen LogP contribution in [0.1, 0.15) is 90.1 Å². The zero-order chi connectivity index (χ0) is 21.3. The minimum Gasteiger partial charge on any atom is -0.507 e. The van der Waals surface area contributed by atoms with E-state index in [1.54, 1.807) is 0 Å². The Hall–Kier alpha value is -2.02. The number of hydrogen-bond donors (Lipinski definition) is 1. The molecule has 0 spiro atoms. The van der Waals surface area contributed by atoms with E-state index in [-0.39, 0.29) is 16.2 Å². The van der Waals surface area contributed by atoms with Crippen LogP contribution < -0.4 is 0 Å². The van der Waals surface area contributed by atoms with Crippen molar-refractivity contribution < 1.29 is 5.11 Å². The number of aromatic hydroxyl groups is 1. The van der Waals surface area contributed by atoms with Crippen molar-refractivity contribution in [1.82, 2.24) is 0 Å². The van der Waals surface area contributed by atoms with E-state index in [1.807, 2.05) is 18.2 Å². The van der Waals surface area contributed by atoms with Gasteiger partial charge in [-0.1, -0.05) is 111 Å². The van der Waals surface area contributed by atoms with Crippen LogP contribution in [0.15, 0.2) is 42.5 Å². The van der Waals surface area contributed by atoms with Crippen LogP contribution in [0.25, 0.3) is 6.08 Å². The molecule has 0 saturated carbocycles. The molecule has 1 N–H and O–H groups in total. The summed E-state index contributed by atoms with van der Waals surface area (Å²) in [5, 5.41) is 11.3. The minimum atomic E-state index is -0.133. The number of hydrogen-bond acceptors (Lipinski definition) is 1. The van der Waals surface area contributed by atoms with Gasteiger partial charge in [-0.05, 0) is 44.9 Å². The Morgan fingerprint density at radius 2 is 1.29 bits per heavy atom. The molecule has 0 aliphatic rings. The Bertz CT molecular complexity index is 835. The maximum absolute atomic E-state index is 11.3. The first-order chi connectivity index (χ1) is 12.7. The highest BCUT2D eigenvalue weighted by Gasteiger charge is 2.34. The number of allylic oxidation sites excluding steroid dienone is 1. The van der Waals surface area contributed by atoms with Gasteiger partial charge in [-0.2, -0.15) is 0 Å². The van der Waals surface area contributed by atoms with Crippen molar-refractivity contribution in [2.75, 3.05) is 0 Å². The van der Waals surface area contributed by atoms with Crippen molar-refractivity contribution in [2.24, 2.45) is 0 Å². The number of benzene rings is 2. The fraction of sp³-hybridized carbons (Fsp3) is 0.481. The second kappa shape index (κ2) is 7.78. The molecule has 0 saturated heterocycles. The summed E-state index contributed by atoms with van der Waals surface area (Å²) >= 11 is 0. The summed E-state index contributed by atoms with van der Waals surface area (Å²) in [5.74, 6) is 0.461.